The number of aromatic nitrogens is 2. The lowest BCUT2D eigenvalue weighted by Gasteiger charge is -2.47. The molecule has 376 valence electrons. The van der Waals surface area contributed by atoms with Crippen LogP contribution in [0.3, 0.4) is 0 Å². The minimum absolute atomic E-state index is 0.0325. The fourth-order valence-electron chi connectivity index (χ4n) is 11.4. The first-order valence-electron chi connectivity index (χ1n) is 25.6. The van der Waals surface area contributed by atoms with E-state index in [1.165, 1.54) is 42.8 Å². The highest BCUT2D eigenvalue weighted by molar-refractivity contribution is 5.97. The predicted octanol–water partition coefficient (Wildman–Crippen LogP) is 6.32. The fraction of sp³-hybridized carbons (Fsp3) is 0.519. The Morgan fingerprint density at radius 1 is 0.629 bits per heavy atom. The normalized spacial score (nSPS) is 21.3. The monoisotopic (exact) mass is 959 g/mol. The molecule has 2 fully saturated rings. The quantitative estimate of drug-likeness (QED) is 0.0493. The number of imide groups is 2. The van der Waals surface area contributed by atoms with Gasteiger partial charge in [0.05, 0.1) is 11.8 Å². The molecule has 4 heterocycles. The molecule has 0 unspecified atom stereocenters. The zero-order valence-corrected chi connectivity index (χ0v) is 41.6. The molecule has 4 aromatic rings. The number of urea groups is 2. The van der Waals surface area contributed by atoms with Crippen LogP contribution >= 0.6 is 0 Å². The SMILES string of the molecule is C=CCN1C[C@H](C(=O)N(CCCNC(=O)CC)C(=O)NCC)C[C@@H]2c3cccc4[nH]cc(c34)C[C@H]21.C=CCN1C[C@H](C(=O)N(CCCNC(=O)CC)C(=O)NCC)C[C@@H]2c3cccc4[nH]cc(c34)C[C@H]21. The van der Waals surface area contributed by atoms with Crippen molar-refractivity contribution in [2.75, 3.05) is 65.4 Å². The standard InChI is InChI=1S/2C27H37N5O3/c2*1-4-12-31-17-19(26(34)32(27(35)28-6-3)13-8-11-29-24(33)5-2)14-21-20-9-7-10-22-25(20)18(16-30-22)15-23(21)31/h2*4,7,9-10,16,19,21,23,30H,1,5-6,8,11-15,17H2,2-3H3,(H,28,35)(H,29,33)/t2*19-,21-,23-/m11/s1. The highest BCUT2D eigenvalue weighted by Crippen LogP contribution is 2.46. The number of aromatic amines is 2. The van der Waals surface area contributed by atoms with Gasteiger partial charge in [0.2, 0.25) is 23.6 Å². The van der Waals surface area contributed by atoms with Crippen molar-refractivity contribution in [1.29, 1.82) is 0 Å². The highest BCUT2D eigenvalue weighted by atomic mass is 16.2. The zero-order valence-electron chi connectivity index (χ0n) is 41.6. The Labute approximate surface area is 412 Å². The van der Waals surface area contributed by atoms with Gasteiger partial charge in [-0.1, -0.05) is 50.3 Å². The molecule has 4 aliphatic rings. The molecule has 0 spiro atoms. The summed E-state index contributed by atoms with van der Waals surface area (Å²) in [5, 5.41) is 13.8. The van der Waals surface area contributed by atoms with Crippen molar-refractivity contribution in [3.63, 3.8) is 0 Å². The average Bonchev–Trinajstić information content (AvgIpc) is 3.99. The summed E-state index contributed by atoms with van der Waals surface area (Å²) in [4.78, 5) is 90.6. The molecule has 8 amide bonds. The van der Waals surface area contributed by atoms with Gasteiger partial charge in [0, 0.05) is 136 Å². The summed E-state index contributed by atoms with van der Waals surface area (Å²) in [5.41, 5.74) is 7.50. The molecular formula is C54H74N10O6. The second kappa shape index (κ2) is 24.0. The molecule has 6 atom stereocenters. The molecule has 6 N–H and O–H groups in total. The van der Waals surface area contributed by atoms with E-state index in [-0.39, 0.29) is 72.5 Å². The second-order valence-corrected chi connectivity index (χ2v) is 19.0. The van der Waals surface area contributed by atoms with Gasteiger partial charge in [0.1, 0.15) is 0 Å². The Balaban J connectivity index is 0.000000206. The Bertz CT molecular complexity index is 2360. The van der Waals surface area contributed by atoms with Crippen LogP contribution in [-0.4, -0.2) is 143 Å². The summed E-state index contributed by atoms with van der Waals surface area (Å²) in [5.74, 6) is -0.506. The summed E-state index contributed by atoms with van der Waals surface area (Å²) >= 11 is 0. The van der Waals surface area contributed by atoms with Gasteiger partial charge in [-0.25, -0.2) is 9.59 Å². The maximum Gasteiger partial charge on any atom is 0.324 e. The first-order chi connectivity index (χ1) is 34.0. The molecule has 0 saturated carbocycles. The number of nitrogens with one attached hydrogen (secondary N) is 6. The molecule has 0 radical (unpaired) electrons. The maximum absolute atomic E-state index is 13.8. The molecule has 2 aromatic heterocycles. The Morgan fingerprint density at radius 2 is 1.04 bits per heavy atom. The minimum Gasteiger partial charge on any atom is -0.361 e. The zero-order chi connectivity index (χ0) is 49.9. The number of hydrogen-bond acceptors (Lipinski definition) is 8. The maximum atomic E-state index is 13.8. The topological polar surface area (TPSA) is 195 Å². The highest BCUT2D eigenvalue weighted by Gasteiger charge is 2.45. The number of H-pyrrole nitrogens is 2. The largest absolute Gasteiger partial charge is 0.361 e. The van der Waals surface area contributed by atoms with Gasteiger partial charge < -0.3 is 31.2 Å². The first-order valence-corrected chi connectivity index (χ1v) is 25.6. The number of carbonyl (C=O) groups is 6. The molecule has 0 bridgehead atoms. The van der Waals surface area contributed by atoms with E-state index in [1.54, 1.807) is 13.8 Å². The third-order valence-electron chi connectivity index (χ3n) is 14.7. The number of hydrogen-bond donors (Lipinski definition) is 6. The van der Waals surface area contributed by atoms with Crippen molar-refractivity contribution in [3.8, 4) is 0 Å². The van der Waals surface area contributed by atoms with Gasteiger partial charge >= 0.3 is 12.1 Å². The van der Waals surface area contributed by atoms with E-state index in [1.807, 2.05) is 26.0 Å². The Kier molecular flexibility index (Phi) is 17.7. The number of amides is 8. The van der Waals surface area contributed by atoms with Crippen molar-refractivity contribution in [2.45, 2.75) is 103 Å². The van der Waals surface area contributed by atoms with Gasteiger partial charge in [-0.3, -0.25) is 38.8 Å². The molecular weight excluding hydrogens is 885 g/mol. The van der Waals surface area contributed by atoms with Crippen LogP contribution in [0.15, 0.2) is 74.1 Å². The second-order valence-electron chi connectivity index (χ2n) is 19.0. The van der Waals surface area contributed by atoms with Crippen LogP contribution in [-0.2, 0) is 32.0 Å². The number of likely N-dealkylation sites (tertiary alicyclic amines) is 2. The smallest absolute Gasteiger partial charge is 0.324 e. The number of fused-ring (bicyclic) bond motifs is 4. The van der Waals surface area contributed by atoms with Crippen LogP contribution < -0.4 is 21.3 Å². The summed E-state index contributed by atoms with van der Waals surface area (Å²) < 4.78 is 0. The van der Waals surface area contributed by atoms with Crippen molar-refractivity contribution >= 4 is 57.5 Å². The van der Waals surface area contributed by atoms with Gasteiger partial charge in [-0.2, -0.15) is 0 Å². The van der Waals surface area contributed by atoms with Crippen LogP contribution in [0.25, 0.3) is 21.8 Å². The lowest BCUT2D eigenvalue weighted by atomic mass is 9.72. The predicted molar refractivity (Wildman–Crippen MR) is 274 cm³/mol. The van der Waals surface area contributed by atoms with Crippen LogP contribution in [0.2, 0.25) is 0 Å². The van der Waals surface area contributed by atoms with Crippen molar-refractivity contribution < 1.29 is 28.8 Å². The summed E-state index contributed by atoms with van der Waals surface area (Å²) in [6, 6.07) is 12.6. The van der Waals surface area contributed by atoms with E-state index < -0.39 is 0 Å². The van der Waals surface area contributed by atoms with Crippen molar-refractivity contribution in [1.82, 2.24) is 50.8 Å². The number of rotatable bonds is 18. The number of benzene rings is 2. The van der Waals surface area contributed by atoms with E-state index in [9.17, 15) is 28.8 Å². The van der Waals surface area contributed by atoms with E-state index in [0.29, 0.717) is 103 Å². The number of carbonyl (C=O) groups excluding carboxylic acids is 6. The van der Waals surface area contributed by atoms with Crippen LogP contribution in [0.4, 0.5) is 9.59 Å². The van der Waals surface area contributed by atoms with E-state index in [2.05, 4.69) is 103 Å². The molecule has 2 aliphatic heterocycles. The molecule has 8 rings (SSSR count). The van der Waals surface area contributed by atoms with Crippen LogP contribution in [0.1, 0.15) is 100 Å². The van der Waals surface area contributed by atoms with Gasteiger partial charge in [0.15, 0.2) is 0 Å². The van der Waals surface area contributed by atoms with E-state index in [0.717, 1.165) is 23.9 Å². The summed E-state index contributed by atoms with van der Waals surface area (Å²) in [7, 11) is 0. The van der Waals surface area contributed by atoms with E-state index >= 15 is 0 Å². The lowest BCUT2D eigenvalue weighted by Crippen LogP contribution is -2.55. The molecule has 2 saturated heterocycles. The molecule has 16 heteroatoms. The van der Waals surface area contributed by atoms with Gasteiger partial charge in [-0.15, -0.1) is 13.2 Å². The van der Waals surface area contributed by atoms with Crippen molar-refractivity contribution in [3.05, 3.63) is 96.4 Å². The Hall–Kier alpha value is -6.26. The lowest BCUT2D eigenvalue weighted by molar-refractivity contribution is -0.136. The van der Waals surface area contributed by atoms with E-state index in [4.69, 9.17) is 0 Å². The first kappa shape index (κ1) is 51.6. The van der Waals surface area contributed by atoms with Crippen LogP contribution in [0, 0.1) is 11.8 Å². The minimum atomic E-state index is -0.365. The molecule has 70 heavy (non-hydrogen) atoms. The number of nitrogens with zero attached hydrogens (tertiary/aromatic N) is 4. The summed E-state index contributed by atoms with van der Waals surface area (Å²) in [6.07, 6.45) is 13.2. The average molecular weight is 959 g/mol. The number of piperidine rings is 2. The fourth-order valence-corrected chi connectivity index (χ4v) is 11.4. The van der Waals surface area contributed by atoms with Crippen LogP contribution in [0.5, 0.6) is 0 Å². The molecule has 16 nitrogen and oxygen atoms in total. The third-order valence-corrected chi connectivity index (χ3v) is 14.7. The third kappa shape index (κ3) is 11.3. The Morgan fingerprint density at radius 3 is 1.41 bits per heavy atom. The van der Waals surface area contributed by atoms with Gasteiger partial charge in [-0.05, 0) is 86.8 Å². The van der Waals surface area contributed by atoms with Crippen molar-refractivity contribution in [2.24, 2.45) is 11.8 Å². The molecule has 2 aliphatic carbocycles. The van der Waals surface area contributed by atoms with Gasteiger partial charge in [0.25, 0.3) is 0 Å². The molecule has 2 aromatic carbocycles. The summed E-state index contributed by atoms with van der Waals surface area (Å²) in [6.45, 7) is 20.1.